The van der Waals surface area contributed by atoms with Crippen LogP contribution >= 0.6 is 0 Å². The van der Waals surface area contributed by atoms with E-state index in [1.807, 2.05) is 43.3 Å². The van der Waals surface area contributed by atoms with Crippen LogP contribution in [0, 0.1) is 23.2 Å². The number of nitrogens with zero attached hydrogens (tertiary/aromatic N) is 1. The Morgan fingerprint density at radius 3 is 2.64 bits per heavy atom. The fourth-order valence-corrected chi connectivity index (χ4v) is 2.09. The van der Waals surface area contributed by atoms with Crippen molar-refractivity contribution in [3.05, 3.63) is 48.0 Å². The van der Waals surface area contributed by atoms with Crippen LogP contribution in [-0.4, -0.2) is 19.1 Å². The maximum Gasteiger partial charge on any atom is 0.330 e. The van der Waals surface area contributed by atoms with Crippen molar-refractivity contribution in [3.63, 3.8) is 0 Å². The summed E-state index contributed by atoms with van der Waals surface area (Å²) < 4.78 is 4.58. The first-order chi connectivity index (χ1) is 10.6. The van der Waals surface area contributed by atoms with Crippen LogP contribution in [-0.2, 0) is 16.1 Å². The lowest BCUT2D eigenvalue weighted by atomic mass is 9.89. The van der Waals surface area contributed by atoms with Gasteiger partial charge in [0.1, 0.15) is 0 Å². The highest BCUT2D eigenvalue weighted by Crippen LogP contribution is 2.18. The van der Waals surface area contributed by atoms with Crippen molar-refractivity contribution >= 4 is 5.97 Å². The minimum atomic E-state index is -0.349. The van der Waals surface area contributed by atoms with Gasteiger partial charge in [-0.3, -0.25) is 5.32 Å². The smallest absolute Gasteiger partial charge is 0.330 e. The second kappa shape index (κ2) is 9.75. The molecule has 118 valence electrons. The number of esters is 1. The molecular weight excluding hydrogens is 276 g/mol. The summed E-state index contributed by atoms with van der Waals surface area (Å²) in [5, 5.41) is 12.6. The van der Waals surface area contributed by atoms with E-state index in [4.69, 9.17) is 0 Å². The number of allylic oxidation sites excluding steroid dienone is 1. The number of nitriles is 1. The first-order valence-corrected chi connectivity index (χ1v) is 7.50. The number of ether oxygens (including phenoxy) is 1. The number of hydrogen-bond acceptors (Lipinski definition) is 4. The SMILES string of the molecule is COC(=O)/C=C/[C@H](C)[C@H](C)CC(C#N)NCc1ccccc1. The minimum absolute atomic E-state index is 0.202. The van der Waals surface area contributed by atoms with Crippen molar-refractivity contribution in [1.82, 2.24) is 5.32 Å². The number of methoxy groups -OCH3 is 1. The average Bonchev–Trinajstić information content (AvgIpc) is 2.56. The van der Waals surface area contributed by atoms with Crippen molar-refractivity contribution in [2.75, 3.05) is 7.11 Å². The molecule has 1 N–H and O–H groups in total. The van der Waals surface area contributed by atoms with Crippen molar-refractivity contribution in [2.24, 2.45) is 11.8 Å². The number of benzene rings is 1. The van der Waals surface area contributed by atoms with Crippen LogP contribution in [0.25, 0.3) is 0 Å². The molecule has 0 fully saturated rings. The predicted molar refractivity (Wildman–Crippen MR) is 86.8 cm³/mol. The zero-order chi connectivity index (χ0) is 16.4. The topological polar surface area (TPSA) is 62.1 Å². The largest absolute Gasteiger partial charge is 0.466 e. The number of carbonyl (C=O) groups is 1. The van der Waals surface area contributed by atoms with Crippen LogP contribution in [0.4, 0.5) is 0 Å². The van der Waals surface area contributed by atoms with E-state index in [-0.39, 0.29) is 23.8 Å². The van der Waals surface area contributed by atoms with Crippen molar-refractivity contribution < 1.29 is 9.53 Å². The van der Waals surface area contributed by atoms with Gasteiger partial charge in [-0.1, -0.05) is 50.3 Å². The zero-order valence-corrected chi connectivity index (χ0v) is 13.5. The Kier molecular flexibility index (Phi) is 7.95. The normalized spacial score (nSPS) is 15.0. The van der Waals surface area contributed by atoms with E-state index in [0.717, 1.165) is 12.0 Å². The monoisotopic (exact) mass is 300 g/mol. The maximum atomic E-state index is 11.1. The molecule has 4 nitrogen and oxygen atoms in total. The molecule has 0 saturated carbocycles. The molecule has 0 aliphatic rings. The van der Waals surface area contributed by atoms with E-state index in [1.54, 1.807) is 0 Å². The van der Waals surface area contributed by atoms with Crippen LogP contribution in [0.2, 0.25) is 0 Å². The van der Waals surface area contributed by atoms with Gasteiger partial charge in [-0.15, -0.1) is 0 Å². The zero-order valence-electron chi connectivity index (χ0n) is 13.5. The maximum absolute atomic E-state index is 11.1. The van der Waals surface area contributed by atoms with Crippen molar-refractivity contribution in [1.29, 1.82) is 5.26 Å². The molecule has 0 saturated heterocycles. The summed E-state index contributed by atoms with van der Waals surface area (Å²) in [6.07, 6.45) is 4.01. The number of rotatable bonds is 8. The lowest BCUT2D eigenvalue weighted by molar-refractivity contribution is -0.134. The Bertz CT molecular complexity index is 520. The van der Waals surface area contributed by atoms with Crippen molar-refractivity contribution in [2.45, 2.75) is 32.9 Å². The third kappa shape index (κ3) is 6.55. The Balaban J connectivity index is 2.46. The van der Waals surface area contributed by atoms with Gasteiger partial charge < -0.3 is 4.74 Å². The van der Waals surface area contributed by atoms with Gasteiger partial charge in [0.25, 0.3) is 0 Å². The van der Waals surface area contributed by atoms with Gasteiger partial charge in [0.15, 0.2) is 0 Å². The van der Waals surface area contributed by atoms with Gasteiger partial charge >= 0.3 is 5.97 Å². The Labute approximate surface area is 132 Å². The molecule has 0 aliphatic heterocycles. The molecule has 0 radical (unpaired) electrons. The van der Waals surface area contributed by atoms with Gasteiger partial charge in [0.2, 0.25) is 0 Å². The summed E-state index contributed by atoms with van der Waals surface area (Å²) in [5.74, 6) is 0.139. The second-order valence-corrected chi connectivity index (χ2v) is 5.50. The van der Waals surface area contributed by atoms with Crippen LogP contribution in [0.1, 0.15) is 25.8 Å². The lowest BCUT2D eigenvalue weighted by Crippen LogP contribution is -2.30. The molecule has 1 aromatic carbocycles. The molecule has 4 heteroatoms. The molecule has 0 amide bonds. The van der Waals surface area contributed by atoms with Crippen LogP contribution < -0.4 is 5.32 Å². The third-order valence-corrected chi connectivity index (χ3v) is 3.79. The first-order valence-electron chi connectivity index (χ1n) is 7.50. The van der Waals surface area contributed by atoms with Crippen molar-refractivity contribution in [3.8, 4) is 6.07 Å². The molecule has 22 heavy (non-hydrogen) atoms. The van der Waals surface area contributed by atoms with Crippen LogP contribution in [0.15, 0.2) is 42.5 Å². The molecule has 1 rings (SSSR count). The number of hydrogen-bond donors (Lipinski definition) is 1. The minimum Gasteiger partial charge on any atom is -0.466 e. The quantitative estimate of drug-likeness (QED) is 0.592. The van der Waals surface area contributed by atoms with E-state index in [9.17, 15) is 10.1 Å². The molecule has 0 bridgehead atoms. The Hall–Kier alpha value is -2.12. The fraction of sp³-hybridized carbons (Fsp3) is 0.444. The Morgan fingerprint density at radius 1 is 1.36 bits per heavy atom. The van der Waals surface area contributed by atoms with E-state index < -0.39 is 0 Å². The van der Waals surface area contributed by atoms with E-state index in [1.165, 1.54) is 13.2 Å². The predicted octanol–water partition coefficient (Wildman–Crippen LogP) is 3.06. The molecule has 1 aromatic rings. The van der Waals surface area contributed by atoms with Gasteiger partial charge in [-0.25, -0.2) is 4.79 Å². The van der Waals surface area contributed by atoms with Gasteiger partial charge in [-0.2, -0.15) is 5.26 Å². The van der Waals surface area contributed by atoms with Gasteiger partial charge in [-0.05, 0) is 23.8 Å². The third-order valence-electron chi connectivity index (χ3n) is 3.79. The van der Waals surface area contributed by atoms with E-state index >= 15 is 0 Å². The van der Waals surface area contributed by atoms with E-state index in [0.29, 0.717) is 6.54 Å². The standard InChI is InChI=1S/C18H24N2O2/c1-14(9-10-18(21)22-3)15(2)11-17(12-19)20-13-16-7-5-4-6-8-16/h4-10,14-15,17,20H,11,13H2,1-3H3/b10-9+/t14-,15+,17?/m0/s1. The average molecular weight is 300 g/mol. The molecular formula is C18H24N2O2. The number of carbonyl (C=O) groups excluding carboxylic acids is 1. The van der Waals surface area contributed by atoms with E-state index in [2.05, 4.69) is 23.0 Å². The highest BCUT2D eigenvalue weighted by Gasteiger charge is 2.16. The van der Waals surface area contributed by atoms with Crippen LogP contribution in [0.3, 0.4) is 0 Å². The molecule has 0 aliphatic carbocycles. The summed E-state index contributed by atoms with van der Waals surface area (Å²) in [5.41, 5.74) is 1.16. The fourth-order valence-electron chi connectivity index (χ4n) is 2.09. The highest BCUT2D eigenvalue weighted by molar-refractivity contribution is 5.81. The molecule has 0 aromatic heterocycles. The van der Waals surface area contributed by atoms with Gasteiger partial charge in [0.05, 0.1) is 19.2 Å². The molecule has 3 atom stereocenters. The summed E-state index contributed by atoms with van der Waals surface area (Å²) in [4.78, 5) is 11.1. The van der Waals surface area contributed by atoms with Gasteiger partial charge in [0, 0.05) is 12.6 Å². The first kappa shape index (κ1) is 17.9. The molecule has 1 unspecified atom stereocenters. The number of nitrogens with one attached hydrogen (secondary N) is 1. The summed E-state index contributed by atoms with van der Waals surface area (Å²) >= 11 is 0. The summed E-state index contributed by atoms with van der Waals surface area (Å²) in [6.45, 7) is 4.80. The highest BCUT2D eigenvalue weighted by atomic mass is 16.5. The second-order valence-electron chi connectivity index (χ2n) is 5.50. The lowest BCUT2D eigenvalue weighted by Gasteiger charge is -2.20. The molecule has 0 heterocycles. The van der Waals surface area contributed by atoms with Crippen LogP contribution in [0.5, 0.6) is 0 Å². The Morgan fingerprint density at radius 2 is 2.05 bits per heavy atom. The summed E-state index contributed by atoms with van der Waals surface area (Å²) in [7, 11) is 1.36. The molecule has 0 spiro atoms. The summed E-state index contributed by atoms with van der Waals surface area (Å²) in [6, 6.07) is 12.1.